The van der Waals surface area contributed by atoms with E-state index in [0.29, 0.717) is 18.9 Å². The predicted octanol–water partition coefficient (Wildman–Crippen LogP) is 4.01. The largest absolute Gasteiger partial charge is 0.493 e. The van der Waals surface area contributed by atoms with Gasteiger partial charge >= 0.3 is 0 Å². The molecule has 0 saturated carbocycles. The zero-order chi connectivity index (χ0) is 18.6. The van der Waals surface area contributed by atoms with Gasteiger partial charge in [-0.2, -0.15) is 0 Å². The van der Waals surface area contributed by atoms with E-state index >= 15 is 0 Å². The van der Waals surface area contributed by atoms with E-state index in [1.165, 1.54) is 12.1 Å². The molecule has 2 aromatic carbocycles. The van der Waals surface area contributed by atoms with Crippen LogP contribution in [0.3, 0.4) is 0 Å². The SMILES string of the molecule is FCCN1CC[C@@H](c2ccc(F)cc2)[C@H](COc2ccc3c(c2)OCO3)C1. The van der Waals surface area contributed by atoms with Gasteiger partial charge in [-0.25, -0.2) is 8.78 Å². The van der Waals surface area contributed by atoms with Crippen LogP contribution in [0.4, 0.5) is 8.78 Å². The smallest absolute Gasteiger partial charge is 0.231 e. The van der Waals surface area contributed by atoms with Crippen LogP contribution in [0.25, 0.3) is 0 Å². The molecule has 2 atom stereocenters. The maximum absolute atomic E-state index is 13.3. The lowest BCUT2D eigenvalue weighted by atomic mass is 9.81. The van der Waals surface area contributed by atoms with Gasteiger partial charge in [-0.3, -0.25) is 0 Å². The molecular formula is C21H23F2NO3. The Morgan fingerprint density at radius 2 is 1.89 bits per heavy atom. The van der Waals surface area contributed by atoms with Gasteiger partial charge in [0.2, 0.25) is 6.79 Å². The van der Waals surface area contributed by atoms with Crippen molar-refractivity contribution in [2.45, 2.75) is 12.3 Å². The maximum Gasteiger partial charge on any atom is 0.231 e. The number of rotatable bonds is 6. The second kappa shape index (κ2) is 8.13. The Morgan fingerprint density at radius 1 is 1.07 bits per heavy atom. The molecule has 2 aromatic rings. The van der Waals surface area contributed by atoms with Crippen LogP contribution in [0.5, 0.6) is 17.2 Å². The Balaban J connectivity index is 1.47. The van der Waals surface area contributed by atoms with E-state index in [2.05, 4.69) is 4.90 Å². The molecule has 0 N–H and O–H groups in total. The Morgan fingerprint density at radius 3 is 2.70 bits per heavy atom. The van der Waals surface area contributed by atoms with E-state index in [-0.39, 0.29) is 31.1 Å². The van der Waals surface area contributed by atoms with Crippen LogP contribution in [0.1, 0.15) is 17.9 Å². The normalized spacial score (nSPS) is 22.0. The molecule has 6 heteroatoms. The van der Waals surface area contributed by atoms with Crippen LogP contribution in [0, 0.1) is 11.7 Å². The van der Waals surface area contributed by atoms with Gasteiger partial charge in [-0.1, -0.05) is 12.1 Å². The number of halogens is 2. The quantitative estimate of drug-likeness (QED) is 0.763. The number of benzene rings is 2. The summed E-state index contributed by atoms with van der Waals surface area (Å²) < 4.78 is 42.9. The first kappa shape index (κ1) is 18.0. The number of likely N-dealkylation sites (tertiary alicyclic amines) is 1. The number of alkyl halides is 1. The fraction of sp³-hybridized carbons (Fsp3) is 0.429. The highest BCUT2D eigenvalue weighted by Crippen LogP contribution is 2.37. The molecule has 0 aromatic heterocycles. The molecule has 2 heterocycles. The van der Waals surface area contributed by atoms with Crippen LogP contribution in [0.2, 0.25) is 0 Å². The maximum atomic E-state index is 13.3. The molecule has 2 aliphatic rings. The zero-order valence-electron chi connectivity index (χ0n) is 15.1. The van der Waals surface area contributed by atoms with Crippen LogP contribution < -0.4 is 14.2 Å². The lowest BCUT2D eigenvalue weighted by Gasteiger charge is -2.38. The summed E-state index contributed by atoms with van der Waals surface area (Å²) in [5, 5.41) is 0. The molecule has 0 aliphatic carbocycles. The highest BCUT2D eigenvalue weighted by atomic mass is 19.1. The van der Waals surface area contributed by atoms with Crippen molar-refractivity contribution in [2.75, 3.05) is 39.7 Å². The van der Waals surface area contributed by atoms with Gasteiger partial charge in [0, 0.05) is 25.1 Å². The van der Waals surface area contributed by atoms with E-state index in [9.17, 15) is 8.78 Å². The molecule has 0 unspecified atom stereocenters. The van der Waals surface area contributed by atoms with Crippen molar-refractivity contribution in [3.8, 4) is 17.2 Å². The topological polar surface area (TPSA) is 30.9 Å². The minimum atomic E-state index is -0.350. The first-order valence-corrected chi connectivity index (χ1v) is 9.29. The van der Waals surface area contributed by atoms with Crippen molar-refractivity contribution < 1.29 is 23.0 Å². The van der Waals surface area contributed by atoms with Crippen molar-refractivity contribution in [1.29, 1.82) is 0 Å². The first-order valence-electron chi connectivity index (χ1n) is 9.29. The molecule has 144 valence electrons. The summed E-state index contributed by atoms with van der Waals surface area (Å²) in [6, 6.07) is 12.2. The molecule has 4 nitrogen and oxygen atoms in total. The highest BCUT2D eigenvalue weighted by molar-refractivity contribution is 5.46. The standard InChI is InChI=1S/C21H23F2NO3/c22-8-10-24-9-7-19(15-1-3-17(23)4-2-15)16(12-24)13-25-18-5-6-20-21(11-18)27-14-26-20/h1-6,11,16,19H,7-10,12-14H2/t16-,19-/m0/s1. The molecule has 0 radical (unpaired) electrons. The number of nitrogens with zero attached hydrogens (tertiary/aromatic N) is 1. The van der Waals surface area contributed by atoms with Crippen LogP contribution in [0.15, 0.2) is 42.5 Å². The third kappa shape index (κ3) is 4.16. The molecule has 1 saturated heterocycles. The molecule has 2 aliphatic heterocycles. The minimum absolute atomic E-state index is 0.196. The predicted molar refractivity (Wildman–Crippen MR) is 97.7 cm³/mol. The first-order chi connectivity index (χ1) is 13.2. The average molecular weight is 375 g/mol. The molecule has 1 fully saturated rings. The number of hydrogen-bond acceptors (Lipinski definition) is 4. The fourth-order valence-corrected chi connectivity index (χ4v) is 3.92. The van der Waals surface area contributed by atoms with Crippen LogP contribution in [-0.4, -0.2) is 44.6 Å². The summed E-state index contributed by atoms with van der Waals surface area (Å²) in [5.41, 5.74) is 1.11. The van der Waals surface area contributed by atoms with Crippen molar-refractivity contribution in [3.63, 3.8) is 0 Å². The van der Waals surface area contributed by atoms with Crippen molar-refractivity contribution >= 4 is 0 Å². The fourth-order valence-electron chi connectivity index (χ4n) is 3.92. The van der Waals surface area contributed by atoms with E-state index in [4.69, 9.17) is 14.2 Å². The van der Waals surface area contributed by atoms with Crippen LogP contribution >= 0.6 is 0 Å². The highest BCUT2D eigenvalue weighted by Gasteiger charge is 2.31. The number of ether oxygens (including phenoxy) is 3. The van der Waals surface area contributed by atoms with Crippen molar-refractivity contribution in [1.82, 2.24) is 4.90 Å². The van der Waals surface area contributed by atoms with Gasteiger partial charge in [0.25, 0.3) is 0 Å². The minimum Gasteiger partial charge on any atom is -0.493 e. The Bertz CT molecular complexity index is 769. The summed E-state index contributed by atoms with van der Waals surface area (Å²) in [7, 11) is 0. The molecule has 0 bridgehead atoms. The zero-order valence-corrected chi connectivity index (χ0v) is 15.1. The van der Waals surface area contributed by atoms with Gasteiger partial charge in [-0.15, -0.1) is 0 Å². The molecular weight excluding hydrogens is 352 g/mol. The summed E-state index contributed by atoms with van der Waals surface area (Å²) in [4.78, 5) is 2.13. The van der Waals surface area contributed by atoms with Crippen LogP contribution in [-0.2, 0) is 0 Å². The Labute approximate surface area is 157 Å². The second-order valence-corrected chi connectivity index (χ2v) is 7.02. The summed E-state index contributed by atoms with van der Waals surface area (Å²) >= 11 is 0. The number of fused-ring (bicyclic) bond motifs is 1. The van der Waals surface area contributed by atoms with Gasteiger partial charge in [0.05, 0.1) is 6.61 Å². The average Bonchev–Trinajstić information content (AvgIpc) is 3.15. The van der Waals surface area contributed by atoms with Gasteiger partial charge < -0.3 is 19.1 Å². The Kier molecular flexibility index (Phi) is 5.43. The molecule has 27 heavy (non-hydrogen) atoms. The van der Waals surface area contributed by atoms with E-state index < -0.39 is 0 Å². The second-order valence-electron chi connectivity index (χ2n) is 7.02. The third-order valence-electron chi connectivity index (χ3n) is 5.33. The lowest BCUT2D eigenvalue weighted by molar-refractivity contribution is 0.106. The van der Waals surface area contributed by atoms with Gasteiger partial charge in [-0.05, 0) is 48.7 Å². The van der Waals surface area contributed by atoms with Gasteiger partial charge in [0.1, 0.15) is 18.2 Å². The summed E-state index contributed by atoms with van der Waals surface area (Å²) in [5.74, 6) is 2.35. The van der Waals surface area contributed by atoms with Crippen molar-refractivity contribution in [3.05, 3.63) is 53.8 Å². The number of piperidine rings is 1. The number of hydrogen-bond donors (Lipinski definition) is 0. The Hall–Kier alpha value is -2.34. The van der Waals surface area contributed by atoms with E-state index in [0.717, 1.165) is 36.6 Å². The summed E-state index contributed by atoms with van der Waals surface area (Å²) in [6.45, 7) is 2.42. The van der Waals surface area contributed by atoms with E-state index in [1.807, 2.05) is 30.3 Å². The molecule has 0 spiro atoms. The van der Waals surface area contributed by atoms with Crippen molar-refractivity contribution in [2.24, 2.45) is 5.92 Å². The molecule has 0 amide bonds. The lowest BCUT2D eigenvalue weighted by Crippen LogP contribution is -2.42. The third-order valence-corrected chi connectivity index (χ3v) is 5.33. The monoisotopic (exact) mass is 375 g/mol. The molecule has 4 rings (SSSR count). The van der Waals surface area contributed by atoms with E-state index in [1.54, 1.807) is 0 Å². The summed E-state index contributed by atoms with van der Waals surface area (Å²) in [6.07, 6.45) is 0.904. The van der Waals surface area contributed by atoms with Gasteiger partial charge in [0.15, 0.2) is 11.5 Å².